The van der Waals surface area contributed by atoms with Crippen LogP contribution in [0.4, 0.5) is 5.69 Å². The van der Waals surface area contributed by atoms with Gasteiger partial charge in [-0.3, -0.25) is 19.7 Å². The van der Waals surface area contributed by atoms with Crippen LogP contribution in [0.1, 0.15) is 13.8 Å². The van der Waals surface area contributed by atoms with E-state index < -0.39 is 16.9 Å². The van der Waals surface area contributed by atoms with Crippen LogP contribution in [0, 0.1) is 10.1 Å². The average molecular weight is 239 g/mol. The first kappa shape index (κ1) is 12.6. The van der Waals surface area contributed by atoms with Crippen LogP contribution >= 0.6 is 0 Å². The maximum Gasteiger partial charge on any atom is 0.308 e. The smallest absolute Gasteiger partial charge is 0.308 e. The van der Waals surface area contributed by atoms with Gasteiger partial charge in [-0.25, -0.2) is 0 Å². The lowest BCUT2D eigenvalue weighted by Gasteiger charge is -2.05. The molecule has 0 radical (unpaired) electrons. The molecule has 90 valence electrons. The molecule has 0 saturated carbocycles. The largest absolute Gasteiger partial charge is 0.426 e. The van der Waals surface area contributed by atoms with Gasteiger partial charge in [0.2, 0.25) is 0 Å². The van der Waals surface area contributed by atoms with Crippen molar-refractivity contribution in [2.45, 2.75) is 13.8 Å². The average Bonchev–Trinajstić information content (AvgIpc) is 2.14. The van der Waals surface area contributed by atoms with Crippen molar-refractivity contribution in [2.75, 3.05) is 0 Å². The second kappa shape index (κ2) is 5.06. The van der Waals surface area contributed by atoms with Gasteiger partial charge in [-0.05, 0) is 0 Å². The van der Waals surface area contributed by atoms with E-state index in [-0.39, 0.29) is 17.2 Å². The number of ether oxygens (including phenoxy) is 2. The minimum atomic E-state index is -0.681. The maximum absolute atomic E-state index is 10.7. The quantitative estimate of drug-likeness (QED) is 0.343. The summed E-state index contributed by atoms with van der Waals surface area (Å²) in [4.78, 5) is 31.4. The second-order valence-electron chi connectivity index (χ2n) is 3.11. The van der Waals surface area contributed by atoms with Crippen molar-refractivity contribution in [2.24, 2.45) is 0 Å². The molecule has 1 aromatic rings. The second-order valence-corrected chi connectivity index (χ2v) is 3.11. The molecule has 17 heavy (non-hydrogen) atoms. The molecular formula is C10H9NO6. The van der Waals surface area contributed by atoms with E-state index in [0.29, 0.717) is 0 Å². The number of nitro benzene ring substituents is 1. The SMILES string of the molecule is CC(=O)Oc1cc(OC(C)=O)cc([N+](=O)[O-])c1. The Labute approximate surface area is 96.1 Å². The highest BCUT2D eigenvalue weighted by Crippen LogP contribution is 2.27. The third-order valence-electron chi connectivity index (χ3n) is 1.60. The Kier molecular flexibility index (Phi) is 3.76. The van der Waals surface area contributed by atoms with Gasteiger partial charge in [0.25, 0.3) is 5.69 Å². The van der Waals surface area contributed by atoms with E-state index in [2.05, 4.69) is 0 Å². The lowest BCUT2D eigenvalue weighted by molar-refractivity contribution is -0.385. The van der Waals surface area contributed by atoms with Crippen LogP contribution in [0.5, 0.6) is 11.5 Å². The fourth-order valence-corrected chi connectivity index (χ4v) is 1.11. The van der Waals surface area contributed by atoms with Crippen LogP contribution < -0.4 is 9.47 Å². The summed E-state index contributed by atoms with van der Waals surface area (Å²) in [6.45, 7) is 2.31. The number of rotatable bonds is 3. The standard InChI is InChI=1S/C10H9NO6/c1-6(12)16-9-3-8(11(14)15)4-10(5-9)17-7(2)13/h3-5H,1-2H3. The van der Waals surface area contributed by atoms with Gasteiger partial charge in [0.05, 0.1) is 17.1 Å². The number of hydrogen-bond donors (Lipinski definition) is 0. The minimum Gasteiger partial charge on any atom is -0.426 e. The van der Waals surface area contributed by atoms with E-state index in [1.165, 1.54) is 6.07 Å². The van der Waals surface area contributed by atoms with Crippen LogP contribution in [0.25, 0.3) is 0 Å². The molecule has 0 amide bonds. The molecule has 0 aliphatic heterocycles. The molecule has 0 heterocycles. The summed E-state index contributed by atoms with van der Waals surface area (Å²) in [6.07, 6.45) is 0. The van der Waals surface area contributed by atoms with Crippen LogP contribution in [0.3, 0.4) is 0 Å². The summed E-state index contributed by atoms with van der Waals surface area (Å²) in [5.41, 5.74) is -0.333. The summed E-state index contributed by atoms with van der Waals surface area (Å²) in [6, 6.07) is 3.35. The van der Waals surface area contributed by atoms with Crippen molar-refractivity contribution >= 4 is 17.6 Å². The zero-order valence-electron chi connectivity index (χ0n) is 9.13. The third kappa shape index (κ3) is 3.90. The van der Waals surface area contributed by atoms with Crippen molar-refractivity contribution in [1.82, 2.24) is 0 Å². The lowest BCUT2D eigenvalue weighted by Crippen LogP contribution is -2.05. The topological polar surface area (TPSA) is 95.7 Å². The minimum absolute atomic E-state index is 0.0528. The Balaban J connectivity index is 3.13. The summed E-state index contributed by atoms with van der Waals surface area (Å²) < 4.78 is 9.39. The van der Waals surface area contributed by atoms with Gasteiger partial charge in [0.15, 0.2) is 0 Å². The van der Waals surface area contributed by atoms with Crippen LogP contribution in [0.15, 0.2) is 18.2 Å². The fourth-order valence-electron chi connectivity index (χ4n) is 1.11. The zero-order valence-corrected chi connectivity index (χ0v) is 9.13. The molecule has 0 saturated heterocycles. The number of non-ortho nitro benzene ring substituents is 1. The molecule has 1 rings (SSSR count). The number of benzene rings is 1. The highest BCUT2D eigenvalue weighted by Gasteiger charge is 2.13. The van der Waals surface area contributed by atoms with E-state index in [0.717, 1.165) is 26.0 Å². The molecule has 0 aliphatic carbocycles. The summed E-state index contributed by atoms with van der Waals surface area (Å²) >= 11 is 0. The first-order valence-corrected chi connectivity index (χ1v) is 4.55. The molecule has 0 fully saturated rings. The van der Waals surface area contributed by atoms with Crippen LogP contribution in [-0.2, 0) is 9.59 Å². The predicted molar refractivity (Wildman–Crippen MR) is 55.7 cm³/mol. The first-order chi connectivity index (χ1) is 7.88. The molecule has 0 bridgehead atoms. The van der Waals surface area contributed by atoms with Gasteiger partial charge in [-0.15, -0.1) is 0 Å². The van der Waals surface area contributed by atoms with Gasteiger partial charge in [-0.1, -0.05) is 0 Å². The fraction of sp³-hybridized carbons (Fsp3) is 0.200. The van der Waals surface area contributed by atoms with Gasteiger partial charge >= 0.3 is 11.9 Å². The molecule has 7 heteroatoms. The van der Waals surface area contributed by atoms with Crippen molar-refractivity contribution in [1.29, 1.82) is 0 Å². The van der Waals surface area contributed by atoms with E-state index >= 15 is 0 Å². The van der Waals surface area contributed by atoms with E-state index in [1.54, 1.807) is 0 Å². The number of nitrogens with zero attached hydrogens (tertiary/aromatic N) is 1. The highest BCUT2D eigenvalue weighted by atomic mass is 16.6. The van der Waals surface area contributed by atoms with Crippen molar-refractivity contribution < 1.29 is 24.0 Å². The molecular weight excluding hydrogens is 230 g/mol. The summed E-state index contributed by atoms with van der Waals surface area (Å²) in [5.74, 6) is -1.36. The van der Waals surface area contributed by atoms with Gasteiger partial charge in [0, 0.05) is 19.9 Å². The Hall–Kier alpha value is -2.44. The molecule has 0 atom stereocenters. The van der Waals surface area contributed by atoms with Crippen LogP contribution in [-0.4, -0.2) is 16.9 Å². The molecule has 1 aromatic carbocycles. The Bertz CT molecular complexity index is 447. The lowest BCUT2D eigenvalue weighted by atomic mass is 10.3. The molecule has 0 aliphatic rings. The molecule has 7 nitrogen and oxygen atoms in total. The van der Waals surface area contributed by atoms with Crippen molar-refractivity contribution in [3.05, 3.63) is 28.3 Å². The Morgan fingerprint density at radius 2 is 1.47 bits per heavy atom. The molecule has 0 unspecified atom stereocenters. The van der Waals surface area contributed by atoms with E-state index in [1.807, 2.05) is 0 Å². The third-order valence-corrected chi connectivity index (χ3v) is 1.60. The number of carbonyl (C=O) groups is 2. The zero-order chi connectivity index (χ0) is 13.0. The van der Waals surface area contributed by atoms with Crippen molar-refractivity contribution in [3.63, 3.8) is 0 Å². The van der Waals surface area contributed by atoms with Gasteiger partial charge in [0.1, 0.15) is 11.5 Å². The maximum atomic E-state index is 10.7. The highest BCUT2D eigenvalue weighted by molar-refractivity contribution is 5.72. The summed E-state index contributed by atoms with van der Waals surface area (Å²) in [7, 11) is 0. The molecule has 0 N–H and O–H groups in total. The van der Waals surface area contributed by atoms with E-state index in [9.17, 15) is 19.7 Å². The predicted octanol–water partition coefficient (Wildman–Crippen LogP) is 1.45. The Morgan fingerprint density at radius 3 is 1.76 bits per heavy atom. The summed E-state index contributed by atoms with van der Waals surface area (Å²) in [5, 5.41) is 10.6. The molecule has 0 aromatic heterocycles. The first-order valence-electron chi connectivity index (χ1n) is 4.55. The van der Waals surface area contributed by atoms with Gasteiger partial charge in [-0.2, -0.15) is 0 Å². The van der Waals surface area contributed by atoms with Crippen LogP contribution in [0.2, 0.25) is 0 Å². The number of nitro groups is 1. The van der Waals surface area contributed by atoms with E-state index in [4.69, 9.17) is 9.47 Å². The number of esters is 2. The number of hydrogen-bond acceptors (Lipinski definition) is 6. The normalized spacial score (nSPS) is 9.53. The number of carbonyl (C=O) groups excluding carboxylic acids is 2. The Morgan fingerprint density at radius 1 is 1.06 bits per heavy atom. The monoisotopic (exact) mass is 239 g/mol. The van der Waals surface area contributed by atoms with Crippen molar-refractivity contribution in [3.8, 4) is 11.5 Å². The van der Waals surface area contributed by atoms with Gasteiger partial charge < -0.3 is 9.47 Å². The molecule has 0 spiro atoms.